The SMILES string of the molecule is CC(=O)/C=C/c1ccc(Cl)c(CC(C)=O)c1. The van der Waals surface area contributed by atoms with Crippen molar-refractivity contribution in [3.05, 3.63) is 40.4 Å². The van der Waals surface area contributed by atoms with Crippen molar-refractivity contribution in [2.24, 2.45) is 0 Å². The Balaban J connectivity index is 2.97. The molecule has 0 radical (unpaired) electrons. The van der Waals surface area contributed by atoms with Crippen LogP contribution in [0.3, 0.4) is 0 Å². The summed E-state index contributed by atoms with van der Waals surface area (Å²) in [6.45, 7) is 3.01. The first kappa shape index (κ1) is 12.7. The van der Waals surface area contributed by atoms with Crippen molar-refractivity contribution in [3.8, 4) is 0 Å². The van der Waals surface area contributed by atoms with Crippen LogP contribution in [0.2, 0.25) is 5.02 Å². The van der Waals surface area contributed by atoms with Crippen LogP contribution in [0, 0.1) is 0 Å². The Kier molecular flexibility index (Phi) is 4.44. The molecule has 0 amide bonds. The van der Waals surface area contributed by atoms with Crippen molar-refractivity contribution >= 4 is 29.2 Å². The van der Waals surface area contributed by atoms with Gasteiger partial charge in [0.25, 0.3) is 0 Å². The molecule has 0 aromatic heterocycles. The highest BCUT2D eigenvalue weighted by Crippen LogP contribution is 2.19. The second-order valence-electron chi connectivity index (χ2n) is 3.67. The number of benzene rings is 1. The summed E-state index contributed by atoms with van der Waals surface area (Å²) in [6, 6.07) is 5.37. The number of halogens is 1. The van der Waals surface area contributed by atoms with E-state index in [9.17, 15) is 9.59 Å². The van der Waals surface area contributed by atoms with Crippen molar-refractivity contribution in [1.29, 1.82) is 0 Å². The average Bonchev–Trinajstić information content (AvgIpc) is 2.18. The van der Waals surface area contributed by atoms with Crippen LogP contribution in [0.4, 0.5) is 0 Å². The van der Waals surface area contributed by atoms with E-state index in [1.807, 2.05) is 12.1 Å². The Labute approximate surface area is 99.9 Å². The van der Waals surface area contributed by atoms with Crippen LogP contribution in [0.25, 0.3) is 6.08 Å². The molecule has 16 heavy (non-hydrogen) atoms. The van der Waals surface area contributed by atoms with Gasteiger partial charge in [-0.2, -0.15) is 0 Å². The molecule has 84 valence electrons. The normalized spacial score (nSPS) is 10.7. The molecule has 0 bridgehead atoms. The number of rotatable bonds is 4. The molecule has 0 aliphatic carbocycles. The maximum Gasteiger partial charge on any atom is 0.152 e. The van der Waals surface area contributed by atoms with E-state index in [-0.39, 0.29) is 11.6 Å². The molecule has 0 unspecified atom stereocenters. The lowest BCUT2D eigenvalue weighted by atomic mass is 10.1. The van der Waals surface area contributed by atoms with Crippen LogP contribution >= 0.6 is 11.6 Å². The molecular formula is C13H13ClO2. The van der Waals surface area contributed by atoms with Gasteiger partial charge in [0.15, 0.2) is 5.78 Å². The standard InChI is InChI=1S/C13H13ClO2/c1-9(15)3-4-11-5-6-13(14)12(8-11)7-10(2)16/h3-6,8H,7H2,1-2H3/b4-3+. The number of hydrogen-bond acceptors (Lipinski definition) is 2. The summed E-state index contributed by atoms with van der Waals surface area (Å²) in [5, 5.41) is 0.579. The van der Waals surface area contributed by atoms with E-state index < -0.39 is 0 Å². The fraction of sp³-hybridized carbons (Fsp3) is 0.231. The molecule has 0 atom stereocenters. The first-order valence-electron chi connectivity index (χ1n) is 4.95. The average molecular weight is 237 g/mol. The Bertz CT molecular complexity index is 447. The summed E-state index contributed by atoms with van der Waals surface area (Å²) in [5.41, 5.74) is 1.66. The van der Waals surface area contributed by atoms with Gasteiger partial charge in [0, 0.05) is 11.4 Å². The fourth-order valence-corrected chi connectivity index (χ4v) is 1.50. The van der Waals surface area contributed by atoms with E-state index in [1.165, 1.54) is 19.9 Å². The Morgan fingerprint density at radius 3 is 2.56 bits per heavy atom. The highest BCUT2D eigenvalue weighted by Gasteiger charge is 2.03. The minimum atomic E-state index is -0.0110. The van der Waals surface area contributed by atoms with Crippen LogP contribution < -0.4 is 0 Å². The molecule has 0 saturated carbocycles. The lowest BCUT2D eigenvalue weighted by molar-refractivity contribution is -0.116. The fourth-order valence-electron chi connectivity index (χ4n) is 1.32. The maximum absolute atomic E-state index is 11.0. The molecule has 0 N–H and O–H groups in total. The van der Waals surface area contributed by atoms with E-state index in [0.717, 1.165) is 11.1 Å². The monoisotopic (exact) mass is 236 g/mol. The van der Waals surface area contributed by atoms with E-state index >= 15 is 0 Å². The summed E-state index contributed by atoms with van der Waals surface area (Å²) < 4.78 is 0. The smallest absolute Gasteiger partial charge is 0.152 e. The van der Waals surface area contributed by atoms with Crippen molar-refractivity contribution in [1.82, 2.24) is 0 Å². The predicted molar refractivity (Wildman–Crippen MR) is 65.6 cm³/mol. The van der Waals surface area contributed by atoms with Gasteiger partial charge < -0.3 is 0 Å². The minimum absolute atomic E-state index is 0.0110. The summed E-state index contributed by atoms with van der Waals surface area (Å²) in [7, 11) is 0. The lowest BCUT2D eigenvalue weighted by Crippen LogP contribution is -1.97. The lowest BCUT2D eigenvalue weighted by Gasteiger charge is -2.03. The largest absolute Gasteiger partial charge is 0.300 e. The summed E-state index contributed by atoms with van der Waals surface area (Å²) in [6.07, 6.45) is 3.52. The third-order valence-electron chi connectivity index (χ3n) is 2.02. The van der Waals surface area contributed by atoms with Crippen LogP contribution in [-0.2, 0) is 16.0 Å². The number of carbonyl (C=O) groups is 2. The zero-order chi connectivity index (χ0) is 12.1. The first-order valence-corrected chi connectivity index (χ1v) is 5.33. The van der Waals surface area contributed by atoms with E-state index in [0.29, 0.717) is 11.4 Å². The molecular weight excluding hydrogens is 224 g/mol. The highest BCUT2D eigenvalue weighted by molar-refractivity contribution is 6.31. The van der Waals surface area contributed by atoms with Crippen LogP contribution in [0.1, 0.15) is 25.0 Å². The molecule has 1 rings (SSSR count). The quantitative estimate of drug-likeness (QED) is 0.753. The maximum atomic E-state index is 11.0. The zero-order valence-corrected chi connectivity index (χ0v) is 10.0. The van der Waals surface area contributed by atoms with Crippen LogP contribution in [0.5, 0.6) is 0 Å². The Morgan fingerprint density at radius 2 is 2.00 bits per heavy atom. The topological polar surface area (TPSA) is 34.1 Å². The molecule has 1 aromatic carbocycles. The molecule has 0 spiro atoms. The predicted octanol–water partition coefficient (Wildman–Crippen LogP) is 3.07. The van der Waals surface area contributed by atoms with Gasteiger partial charge in [-0.05, 0) is 43.2 Å². The van der Waals surface area contributed by atoms with Crippen molar-refractivity contribution in [3.63, 3.8) is 0 Å². The van der Waals surface area contributed by atoms with Crippen molar-refractivity contribution < 1.29 is 9.59 Å². The third-order valence-corrected chi connectivity index (χ3v) is 2.39. The van der Waals surface area contributed by atoms with Gasteiger partial charge in [0.2, 0.25) is 0 Å². The van der Waals surface area contributed by atoms with Crippen molar-refractivity contribution in [2.75, 3.05) is 0 Å². The molecule has 0 aliphatic heterocycles. The number of Topliss-reactive ketones (excluding diaryl/α,β-unsaturated/α-hetero) is 1. The summed E-state index contributed by atoms with van der Waals surface area (Å²) in [4.78, 5) is 21.8. The summed E-state index contributed by atoms with van der Waals surface area (Å²) >= 11 is 5.96. The second kappa shape index (κ2) is 5.61. The minimum Gasteiger partial charge on any atom is -0.300 e. The molecule has 3 heteroatoms. The van der Waals surface area contributed by atoms with Gasteiger partial charge in [-0.3, -0.25) is 9.59 Å². The molecule has 0 aliphatic rings. The van der Waals surface area contributed by atoms with Crippen molar-refractivity contribution in [2.45, 2.75) is 20.3 Å². The number of carbonyl (C=O) groups excluding carboxylic acids is 2. The molecule has 0 fully saturated rings. The van der Waals surface area contributed by atoms with Gasteiger partial charge in [0.05, 0.1) is 0 Å². The number of ketones is 2. The molecule has 2 nitrogen and oxygen atoms in total. The Morgan fingerprint density at radius 1 is 1.31 bits per heavy atom. The van der Waals surface area contributed by atoms with Gasteiger partial charge >= 0.3 is 0 Å². The number of allylic oxidation sites excluding steroid dienone is 1. The second-order valence-corrected chi connectivity index (χ2v) is 4.08. The van der Waals surface area contributed by atoms with Gasteiger partial charge in [-0.1, -0.05) is 23.7 Å². The van der Waals surface area contributed by atoms with E-state index in [4.69, 9.17) is 11.6 Å². The first-order chi connectivity index (χ1) is 7.49. The zero-order valence-electron chi connectivity index (χ0n) is 9.29. The van der Waals surface area contributed by atoms with Gasteiger partial charge in [0.1, 0.15) is 5.78 Å². The number of hydrogen-bond donors (Lipinski definition) is 0. The van der Waals surface area contributed by atoms with Crippen LogP contribution in [-0.4, -0.2) is 11.6 Å². The van der Waals surface area contributed by atoms with Crippen LogP contribution in [0.15, 0.2) is 24.3 Å². The molecule has 0 heterocycles. The summed E-state index contributed by atoms with van der Waals surface area (Å²) in [5.74, 6) is 0.0534. The van der Waals surface area contributed by atoms with Gasteiger partial charge in [-0.25, -0.2) is 0 Å². The molecule has 1 aromatic rings. The molecule has 0 saturated heterocycles. The third kappa shape index (κ3) is 3.99. The van der Waals surface area contributed by atoms with E-state index in [2.05, 4.69) is 0 Å². The highest BCUT2D eigenvalue weighted by atomic mass is 35.5. The van der Waals surface area contributed by atoms with Gasteiger partial charge in [-0.15, -0.1) is 0 Å². The Hall–Kier alpha value is -1.41. The van der Waals surface area contributed by atoms with E-state index in [1.54, 1.807) is 12.1 Å².